The number of rotatable bonds is 8. The molecule has 0 atom stereocenters. The Hall–Kier alpha value is -2.45. The van der Waals surface area contributed by atoms with Crippen LogP contribution in [0.3, 0.4) is 0 Å². The number of nitrogens with one attached hydrogen (secondary N) is 2. The lowest BCUT2D eigenvalue weighted by Crippen LogP contribution is -2.30. The van der Waals surface area contributed by atoms with E-state index in [1.165, 1.54) is 43.5 Å². The molecule has 0 spiro atoms. The molecule has 0 fully saturated rings. The fourth-order valence-corrected chi connectivity index (χ4v) is 3.29. The van der Waals surface area contributed by atoms with Crippen molar-refractivity contribution in [3.8, 4) is 5.75 Å². The highest BCUT2D eigenvalue weighted by Gasteiger charge is 2.17. The average Bonchev–Trinajstić information content (AvgIpc) is 2.61. The van der Waals surface area contributed by atoms with Gasteiger partial charge in [0.15, 0.2) is 5.78 Å². The predicted octanol–water partition coefficient (Wildman–Crippen LogP) is 3.03. The molecule has 0 aliphatic rings. The number of hydrogen-bond donors (Lipinski definition) is 2. The van der Waals surface area contributed by atoms with Gasteiger partial charge in [0.2, 0.25) is 0 Å². The van der Waals surface area contributed by atoms with Crippen molar-refractivity contribution in [3.05, 3.63) is 58.9 Å². The number of hydrogen-bond acceptors (Lipinski definition) is 4. The normalized spacial score (nSPS) is 11.2. The van der Waals surface area contributed by atoms with E-state index in [4.69, 9.17) is 4.74 Å². The van der Waals surface area contributed by atoms with E-state index in [2.05, 4.69) is 9.44 Å². The van der Waals surface area contributed by atoms with Gasteiger partial charge in [0, 0.05) is 17.7 Å². The van der Waals surface area contributed by atoms with Crippen LogP contribution in [0.2, 0.25) is 0 Å². The van der Waals surface area contributed by atoms with E-state index >= 15 is 0 Å². The summed E-state index contributed by atoms with van der Waals surface area (Å²) in [4.78, 5) is 12.6. The molecule has 0 amide bonds. The Balaban J connectivity index is 2.36. The molecule has 0 aromatic heterocycles. The number of anilines is 1. The summed E-state index contributed by atoms with van der Waals surface area (Å²) in [7, 11) is -2.39. The number of benzene rings is 2. The third-order valence-electron chi connectivity index (χ3n) is 3.67. The monoisotopic (exact) mass is 380 g/mol. The summed E-state index contributed by atoms with van der Waals surface area (Å²) in [6.07, 6.45) is 0.639. The highest BCUT2D eigenvalue weighted by molar-refractivity contribution is 7.90. The Morgan fingerprint density at radius 3 is 2.42 bits per heavy atom. The summed E-state index contributed by atoms with van der Waals surface area (Å²) in [6.45, 7) is 3.69. The molecule has 0 aliphatic heterocycles. The van der Waals surface area contributed by atoms with Gasteiger partial charge in [-0.2, -0.15) is 13.1 Å². The Bertz CT molecular complexity index is 913. The first-order chi connectivity index (χ1) is 12.3. The number of ether oxygens (including phenoxy) is 1. The van der Waals surface area contributed by atoms with Crippen molar-refractivity contribution in [3.63, 3.8) is 0 Å². The molecule has 0 bridgehead atoms. The zero-order valence-electron chi connectivity index (χ0n) is 14.8. The molecule has 0 aliphatic carbocycles. The molecule has 8 heteroatoms. The van der Waals surface area contributed by atoms with Crippen LogP contribution in [0.15, 0.2) is 36.4 Å². The minimum Gasteiger partial charge on any atom is -0.495 e. The topological polar surface area (TPSA) is 84.5 Å². The summed E-state index contributed by atoms with van der Waals surface area (Å²) in [5.74, 6) is -0.469. The molecule has 2 N–H and O–H groups in total. The van der Waals surface area contributed by atoms with E-state index < -0.39 is 16.0 Å². The highest BCUT2D eigenvalue weighted by atomic mass is 32.2. The van der Waals surface area contributed by atoms with Crippen LogP contribution >= 0.6 is 0 Å². The Morgan fingerprint density at radius 1 is 1.15 bits per heavy atom. The Morgan fingerprint density at radius 2 is 1.81 bits per heavy atom. The standard InChI is InChI=1S/C18H21FN2O4S/c1-4-9-20-26(23,24)21-16-11-14(6-8-17(16)25-3)18(22)13-5-7-15(19)12(2)10-13/h5-8,10-11,20-21H,4,9H2,1-3H3. The number of aryl methyl sites for hydroxylation is 1. The smallest absolute Gasteiger partial charge is 0.299 e. The number of carbonyl (C=O) groups excluding carboxylic acids is 1. The van der Waals surface area contributed by atoms with Crippen molar-refractivity contribution >= 4 is 21.7 Å². The number of halogens is 1. The van der Waals surface area contributed by atoms with Gasteiger partial charge in [-0.25, -0.2) is 4.39 Å². The molecule has 6 nitrogen and oxygen atoms in total. The SMILES string of the molecule is CCCNS(=O)(=O)Nc1cc(C(=O)c2ccc(F)c(C)c2)ccc1OC. The van der Waals surface area contributed by atoms with E-state index in [0.717, 1.165) is 0 Å². The maximum atomic E-state index is 13.4. The second kappa shape index (κ2) is 8.29. The number of carbonyl (C=O) groups is 1. The molecule has 0 saturated heterocycles. The second-order valence-electron chi connectivity index (χ2n) is 5.71. The van der Waals surface area contributed by atoms with E-state index in [0.29, 0.717) is 17.5 Å². The van der Waals surface area contributed by atoms with Crippen LogP contribution in [0.4, 0.5) is 10.1 Å². The van der Waals surface area contributed by atoms with Gasteiger partial charge in [-0.3, -0.25) is 9.52 Å². The van der Waals surface area contributed by atoms with E-state index in [-0.39, 0.29) is 29.3 Å². The van der Waals surface area contributed by atoms with Crippen LogP contribution in [-0.2, 0) is 10.2 Å². The van der Waals surface area contributed by atoms with Gasteiger partial charge in [-0.1, -0.05) is 6.92 Å². The van der Waals surface area contributed by atoms with Gasteiger partial charge in [0.05, 0.1) is 12.8 Å². The first kappa shape index (κ1) is 19.9. The van der Waals surface area contributed by atoms with Crippen LogP contribution in [0, 0.1) is 12.7 Å². The van der Waals surface area contributed by atoms with Crippen LogP contribution in [-0.4, -0.2) is 27.9 Å². The van der Waals surface area contributed by atoms with E-state index in [1.54, 1.807) is 6.92 Å². The molecular weight excluding hydrogens is 359 g/mol. The van der Waals surface area contributed by atoms with Crippen LogP contribution in [0.1, 0.15) is 34.8 Å². The number of methoxy groups -OCH3 is 1. The maximum Gasteiger partial charge on any atom is 0.299 e. The highest BCUT2D eigenvalue weighted by Crippen LogP contribution is 2.27. The lowest BCUT2D eigenvalue weighted by atomic mass is 10.0. The zero-order chi connectivity index (χ0) is 19.3. The minimum absolute atomic E-state index is 0.140. The molecule has 0 saturated carbocycles. The molecule has 2 rings (SSSR count). The lowest BCUT2D eigenvalue weighted by molar-refractivity contribution is 0.103. The van der Waals surface area contributed by atoms with E-state index in [9.17, 15) is 17.6 Å². The number of ketones is 1. The summed E-state index contributed by atoms with van der Waals surface area (Å²) < 4.78 is 47.4. The Labute approximate surface area is 152 Å². The quantitative estimate of drug-likeness (QED) is 0.690. The zero-order valence-corrected chi connectivity index (χ0v) is 15.6. The molecule has 0 unspecified atom stereocenters. The van der Waals surface area contributed by atoms with Crippen LogP contribution < -0.4 is 14.2 Å². The van der Waals surface area contributed by atoms with Gasteiger partial charge in [-0.15, -0.1) is 0 Å². The first-order valence-corrected chi connectivity index (χ1v) is 9.52. The van der Waals surface area contributed by atoms with Crippen LogP contribution in [0.25, 0.3) is 0 Å². The Kier molecular flexibility index (Phi) is 6.33. The first-order valence-electron chi connectivity index (χ1n) is 8.03. The van der Waals surface area contributed by atoms with E-state index in [1.807, 2.05) is 6.92 Å². The summed E-state index contributed by atoms with van der Waals surface area (Å²) in [6, 6.07) is 8.49. The summed E-state index contributed by atoms with van der Waals surface area (Å²) in [5.41, 5.74) is 1.06. The van der Waals surface area contributed by atoms with Gasteiger partial charge in [0.1, 0.15) is 11.6 Å². The molecular formula is C18H21FN2O4S. The molecule has 2 aromatic rings. The fraction of sp³-hybridized carbons (Fsp3) is 0.278. The molecule has 2 aromatic carbocycles. The summed E-state index contributed by atoms with van der Waals surface area (Å²) >= 11 is 0. The van der Waals surface area contributed by atoms with Crippen LogP contribution in [0.5, 0.6) is 5.75 Å². The van der Waals surface area contributed by atoms with Crippen molar-refractivity contribution in [1.29, 1.82) is 0 Å². The third-order valence-corrected chi connectivity index (χ3v) is 4.74. The second-order valence-corrected chi connectivity index (χ2v) is 7.21. The third kappa shape index (κ3) is 4.80. The predicted molar refractivity (Wildman–Crippen MR) is 98.4 cm³/mol. The molecule has 140 valence electrons. The lowest BCUT2D eigenvalue weighted by Gasteiger charge is -2.13. The summed E-state index contributed by atoms with van der Waals surface area (Å²) in [5, 5.41) is 0. The minimum atomic E-state index is -3.79. The van der Waals surface area contributed by atoms with Gasteiger partial charge < -0.3 is 4.74 Å². The van der Waals surface area contributed by atoms with Gasteiger partial charge in [0.25, 0.3) is 10.2 Å². The van der Waals surface area contributed by atoms with Gasteiger partial charge in [-0.05, 0) is 55.3 Å². The maximum absolute atomic E-state index is 13.4. The fourth-order valence-electron chi connectivity index (χ4n) is 2.30. The molecule has 0 radical (unpaired) electrons. The van der Waals surface area contributed by atoms with Crippen molar-refractivity contribution in [2.45, 2.75) is 20.3 Å². The molecule has 0 heterocycles. The van der Waals surface area contributed by atoms with Crippen molar-refractivity contribution < 1.29 is 22.3 Å². The van der Waals surface area contributed by atoms with Crippen molar-refractivity contribution in [2.24, 2.45) is 0 Å². The van der Waals surface area contributed by atoms with Gasteiger partial charge >= 0.3 is 0 Å². The van der Waals surface area contributed by atoms with Crippen molar-refractivity contribution in [2.75, 3.05) is 18.4 Å². The van der Waals surface area contributed by atoms with Crippen molar-refractivity contribution in [1.82, 2.24) is 4.72 Å². The average molecular weight is 380 g/mol. The molecule has 26 heavy (non-hydrogen) atoms. The largest absolute Gasteiger partial charge is 0.495 e.